The summed E-state index contributed by atoms with van der Waals surface area (Å²) in [6.07, 6.45) is 17.9. The molecule has 4 aliphatic heterocycles. The Balaban J connectivity index is 1.28. The van der Waals surface area contributed by atoms with Crippen LogP contribution in [0.3, 0.4) is 0 Å². The van der Waals surface area contributed by atoms with Crippen molar-refractivity contribution in [2.24, 2.45) is 29.6 Å². The molecule has 5 atom stereocenters. The lowest BCUT2D eigenvalue weighted by molar-refractivity contribution is 0.210. The molecule has 31 heteroatoms. The fourth-order valence-electron chi connectivity index (χ4n) is 16.3. The van der Waals surface area contributed by atoms with E-state index in [1.165, 1.54) is 0 Å². The Morgan fingerprint density at radius 3 is 0.588 bits per heavy atom. The van der Waals surface area contributed by atoms with Crippen molar-refractivity contribution >= 4 is 70.7 Å². The van der Waals surface area contributed by atoms with Crippen LogP contribution in [0.15, 0.2) is 30.3 Å². The lowest BCUT2D eigenvalue weighted by Crippen LogP contribution is -2.14. The van der Waals surface area contributed by atoms with Crippen molar-refractivity contribution in [3.05, 3.63) is 192 Å². The Morgan fingerprint density at radius 1 is 0.221 bits per heavy atom. The number of aromatic nitrogens is 6. The van der Waals surface area contributed by atoms with Gasteiger partial charge in [-0.3, -0.25) is 0 Å². The molecule has 5 aromatic carbocycles. The van der Waals surface area contributed by atoms with Crippen molar-refractivity contribution in [1.29, 1.82) is 0 Å². The average Bonchev–Trinajstić information content (AvgIpc) is 1.62. The number of benzene rings is 5. The third kappa shape index (κ3) is 20.3. The van der Waals surface area contributed by atoms with Crippen LogP contribution in [0.1, 0.15) is 243 Å². The Hall–Kier alpha value is -11.4. The molecule has 12 bridgehead atoms. The average molecular weight is 1850 g/mol. The first-order chi connectivity index (χ1) is 62.9. The molecule has 0 fully saturated rings. The molecule has 0 amide bonds. The quantitative estimate of drug-likeness (QED) is 0.0285. The normalized spacial score (nSPS) is 13.5. The molecule has 8 aromatic rings. The van der Waals surface area contributed by atoms with Gasteiger partial charge in [-0.15, -0.1) is 0 Å². The van der Waals surface area contributed by atoms with Crippen LogP contribution in [-0.4, -0.2) is 62.9 Å². The van der Waals surface area contributed by atoms with Gasteiger partial charge in [0.05, 0.1) is 106 Å². The van der Waals surface area contributed by atoms with Gasteiger partial charge in [-0.25, -0.2) is 63.8 Å². The highest BCUT2D eigenvalue weighted by Gasteiger charge is 2.39. The zero-order valence-electron chi connectivity index (χ0n) is 74.0. The number of rotatable bonds is 40. The number of ether oxygens (including phenoxy) is 5. The van der Waals surface area contributed by atoms with Crippen LogP contribution in [0.4, 0.5) is 87.8 Å². The minimum absolute atomic E-state index is 0.308. The SMILES string of the molecule is CCCCC(CC)COc1c(F)c(F)c(-c2c3nc(c(-c4c(F)c(F)c(OCC(CC)CCCC)c(F)c4F)c4ccc([nH]4)c(-c4c(F)c(F)c(OCC(CC)CCCC)c(F)c4F)c4nc(cc5nc(c(-c6c(F)c(F)c(OCC(CC)CCCC)c(F)c6F)c6ccc([nH]6)c(-c6c(F)c(F)c(OCC(CC)CCCC)c(F)c6F)c6nc2C=C6)C=C5)C=C4)C=C3)c(F)c1F. The third-order valence-electron chi connectivity index (χ3n) is 24.3. The summed E-state index contributed by atoms with van der Waals surface area (Å²) in [5, 5.41) is 0. The van der Waals surface area contributed by atoms with Crippen LogP contribution < -0.4 is 23.7 Å². The summed E-state index contributed by atoms with van der Waals surface area (Å²) in [7, 11) is 0. The zero-order valence-corrected chi connectivity index (χ0v) is 74.0. The number of H-pyrrole nitrogens is 2. The predicted molar refractivity (Wildman–Crippen MR) is 468 cm³/mol. The van der Waals surface area contributed by atoms with E-state index in [0.29, 0.717) is 128 Å². The number of nitrogens with one attached hydrogen (secondary N) is 2. The van der Waals surface area contributed by atoms with Crippen molar-refractivity contribution in [3.63, 3.8) is 0 Å². The fraction of sp³-hybridized carbons (Fsp3) is 0.400. The first-order valence-electron chi connectivity index (χ1n) is 44.5. The molecule has 0 aliphatic carbocycles. The summed E-state index contributed by atoms with van der Waals surface area (Å²) >= 11 is 0. The van der Waals surface area contributed by atoms with Gasteiger partial charge in [0.1, 0.15) is 0 Å². The minimum Gasteiger partial charge on any atom is -0.487 e. The summed E-state index contributed by atoms with van der Waals surface area (Å²) in [5.74, 6) is -53.5. The molecule has 5 unspecified atom stereocenters. The Kier molecular flexibility index (Phi) is 32.9. The first-order valence-corrected chi connectivity index (χ1v) is 44.5. The van der Waals surface area contributed by atoms with Crippen molar-refractivity contribution in [2.75, 3.05) is 33.0 Å². The number of hydrogen-bond donors (Lipinski definition) is 2. The van der Waals surface area contributed by atoms with Gasteiger partial charge in [0.25, 0.3) is 0 Å². The van der Waals surface area contributed by atoms with Gasteiger partial charge in [-0.1, -0.05) is 166 Å². The van der Waals surface area contributed by atoms with Gasteiger partial charge < -0.3 is 33.7 Å². The summed E-state index contributed by atoms with van der Waals surface area (Å²) in [5.41, 5.74) is -22.7. The molecule has 3 aromatic heterocycles. The van der Waals surface area contributed by atoms with Crippen LogP contribution >= 0.6 is 0 Å². The van der Waals surface area contributed by atoms with Crippen molar-refractivity contribution in [2.45, 2.75) is 198 Å². The highest BCUT2D eigenvalue weighted by molar-refractivity contribution is 6.00. The zero-order chi connectivity index (χ0) is 94.7. The molecule has 12 rings (SSSR count). The molecule has 700 valence electrons. The summed E-state index contributed by atoms with van der Waals surface area (Å²) in [6, 6.07) is 4.56. The molecule has 4 aliphatic rings. The number of halogens is 20. The van der Waals surface area contributed by atoms with Gasteiger partial charge in [0.15, 0.2) is 86.9 Å². The van der Waals surface area contributed by atoms with E-state index in [1.807, 2.05) is 34.6 Å². The maximum atomic E-state index is 18.0. The van der Waals surface area contributed by atoms with Crippen LogP contribution in [-0.2, 0) is 0 Å². The maximum absolute atomic E-state index is 18.0. The lowest BCUT2D eigenvalue weighted by atomic mass is 9.99. The summed E-state index contributed by atoms with van der Waals surface area (Å²) in [6.45, 7) is 15.7. The topological polar surface area (TPSA) is 129 Å². The van der Waals surface area contributed by atoms with Gasteiger partial charge in [-0.2, -0.15) is 43.9 Å². The molecule has 131 heavy (non-hydrogen) atoms. The van der Waals surface area contributed by atoms with Gasteiger partial charge in [0.2, 0.25) is 58.2 Å². The maximum Gasteiger partial charge on any atom is 0.204 e. The molecule has 0 saturated heterocycles. The van der Waals surface area contributed by atoms with Crippen LogP contribution in [0.25, 0.3) is 126 Å². The second-order valence-corrected chi connectivity index (χ2v) is 33.0. The van der Waals surface area contributed by atoms with E-state index in [9.17, 15) is 0 Å². The van der Waals surface area contributed by atoms with E-state index in [-0.39, 0.29) is 23.2 Å². The van der Waals surface area contributed by atoms with E-state index in [4.69, 9.17) is 23.7 Å². The van der Waals surface area contributed by atoms with Crippen molar-refractivity contribution in [1.82, 2.24) is 29.9 Å². The Morgan fingerprint density at radius 2 is 0.397 bits per heavy atom. The summed E-state index contributed by atoms with van der Waals surface area (Å²) in [4.78, 5) is 23.3. The number of fused-ring (bicyclic) bond motifs is 12. The lowest BCUT2D eigenvalue weighted by Gasteiger charge is -2.18. The molecule has 11 nitrogen and oxygen atoms in total. The monoisotopic (exact) mass is 1840 g/mol. The number of unbranched alkanes of at least 4 members (excludes halogenated alkanes) is 5. The number of hydrogen-bond acceptors (Lipinski definition) is 9. The van der Waals surface area contributed by atoms with E-state index in [1.54, 1.807) is 34.6 Å². The van der Waals surface area contributed by atoms with E-state index in [0.717, 1.165) is 78.9 Å². The molecule has 0 spiro atoms. The Labute approximate surface area is 745 Å². The molecular weight excluding hydrogens is 1750 g/mol. The number of aromatic amines is 2. The highest BCUT2D eigenvalue weighted by Crippen LogP contribution is 2.49. The van der Waals surface area contributed by atoms with Gasteiger partial charge >= 0.3 is 0 Å². The van der Waals surface area contributed by atoms with Crippen LogP contribution in [0.2, 0.25) is 0 Å². The summed E-state index contributed by atoms with van der Waals surface area (Å²) < 4.78 is 378. The standard InChI is InChI=1S/C100H100F20N6O5/c1-11-21-26-49(16-6)44-127-96-86(111)76(101)71(77(102)87(96)112)66-56-33-31-54(121-56)43-55-32-34-57(122-55)67(72-78(103)88(113)97(89(114)79(72)104)128-45-50(17-7)27-22-12-2)59-36-38-61(124-59)69(74-82(107)92(117)99(93(118)83(74)108)130-47-52(19-9)29-24-14-4)63-40-42-65(126-63)70(75-84(109)94(119)100(95(120)85(75)110)131-48-53(20-10)30-25-15-5)64-41-39-62(125-64)68(60-37-35-58(66)123-60)73-80(105)90(115)98(91(116)81(73)106)129-46-51(18-8)28-23-13-3/h31-43,49-53,123-124H,11-30,44-48H2,1-10H3. The number of nitrogens with zero attached hydrogens (tertiary/aromatic N) is 4. The predicted octanol–water partition coefficient (Wildman–Crippen LogP) is 30.8. The largest absolute Gasteiger partial charge is 0.487 e. The molecule has 7 heterocycles. The minimum atomic E-state index is -2.31. The van der Waals surface area contributed by atoms with Crippen LogP contribution in [0.5, 0.6) is 28.7 Å². The first kappa shape index (κ1) is 98.6. The van der Waals surface area contributed by atoms with Crippen molar-refractivity contribution in [3.8, 4) is 84.4 Å². The van der Waals surface area contributed by atoms with E-state index in [2.05, 4.69) is 29.9 Å². The third-order valence-corrected chi connectivity index (χ3v) is 24.3. The van der Waals surface area contributed by atoms with Gasteiger partial charge in [0, 0.05) is 49.9 Å². The molecule has 2 N–H and O–H groups in total. The second kappa shape index (κ2) is 43.8. The van der Waals surface area contributed by atoms with Gasteiger partial charge in [-0.05, 0) is 141 Å². The Bertz CT molecular complexity index is 5660. The highest BCUT2D eigenvalue weighted by atomic mass is 19.2. The molecule has 0 saturated carbocycles. The fourth-order valence-corrected chi connectivity index (χ4v) is 16.3. The van der Waals surface area contributed by atoms with Crippen LogP contribution in [0, 0.1) is 146 Å². The van der Waals surface area contributed by atoms with Crippen molar-refractivity contribution < 1.29 is 111 Å². The molecular formula is C100H100F20N6O5. The van der Waals surface area contributed by atoms with E-state index < -0.39 is 308 Å². The molecule has 0 radical (unpaired) electrons. The second-order valence-electron chi connectivity index (χ2n) is 33.0. The smallest absolute Gasteiger partial charge is 0.204 e. The van der Waals surface area contributed by atoms with E-state index >= 15 is 87.8 Å².